The van der Waals surface area contributed by atoms with E-state index in [1.54, 1.807) is 12.5 Å². The van der Waals surface area contributed by atoms with Gasteiger partial charge in [-0.15, -0.1) is 0 Å². The van der Waals surface area contributed by atoms with Crippen LogP contribution in [-0.4, -0.2) is 58.4 Å². The Morgan fingerprint density at radius 3 is 2.85 bits per heavy atom. The minimum atomic E-state index is 0.283. The van der Waals surface area contributed by atoms with E-state index in [4.69, 9.17) is 0 Å². The molecule has 5 heteroatoms. The number of hydrogen-bond donors (Lipinski definition) is 0. The molecule has 0 spiro atoms. The van der Waals surface area contributed by atoms with Crippen molar-refractivity contribution < 1.29 is 4.79 Å². The first kappa shape index (κ1) is 13.5. The monoisotopic (exact) mass is 274 g/mol. The van der Waals surface area contributed by atoms with Crippen LogP contribution in [-0.2, 0) is 4.79 Å². The Morgan fingerprint density at radius 1 is 1.25 bits per heavy atom. The van der Waals surface area contributed by atoms with Gasteiger partial charge in [-0.1, -0.05) is 0 Å². The number of nitrogens with zero attached hydrogens (tertiary/aromatic N) is 4. The van der Waals surface area contributed by atoms with Gasteiger partial charge in [-0.3, -0.25) is 9.69 Å². The van der Waals surface area contributed by atoms with E-state index in [9.17, 15) is 4.79 Å². The molecule has 108 valence electrons. The predicted molar refractivity (Wildman–Crippen MR) is 76.3 cm³/mol. The zero-order chi connectivity index (χ0) is 13.8. The molecule has 3 rings (SSSR count). The SMILES string of the molecule is O=C(CN1CCCC1)N1CCC[C@H](c2ccncn2)C1. The summed E-state index contributed by atoms with van der Waals surface area (Å²) >= 11 is 0. The Balaban J connectivity index is 1.58. The van der Waals surface area contributed by atoms with Crippen molar-refractivity contribution in [3.8, 4) is 0 Å². The fourth-order valence-corrected chi connectivity index (χ4v) is 3.22. The third kappa shape index (κ3) is 3.15. The predicted octanol–water partition coefficient (Wildman–Crippen LogP) is 1.28. The summed E-state index contributed by atoms with van der Waals surface area (Å²) in [7, 11) is 0. The molecule has 2 aliphatic rings. The summed E-state index contributed by atoms with van der Waals surface area (Å²) in [5.41, 5.74) is 1.07. The molecule has 2 fully saturated rings. The number of carbonyl (C=O) groups is 1. The van der Waals surface area contributed by atoms with Crippen molar-refractivity contribution in [2.75, 3.05) is 32.7 Å². The van der Waals surface area contributed by atoms with Crippen LogP contribution in [0.3, 0.4) is 0 Å². The number of piperidine rings is 1. The average Bonchev–Trinajstić information content (AvgIpc) is 3.01. The van der Waals surface area contributed by atoms with Crippen molar-refractivity contribution in [3.05, 3.63) is 24.3 Å². The minimum absolute atomic E-state index is 0.283. The first-order chi connectivity index (χ1) is 9.83. The lowest BCUT2D eigenvalue weighted by atomic mass is 9.94. The van der Waals surface area contributed by atoms with Crippen molar-refractivity contribution in [2.24, 2.45) is 0 Å². The zero-order valence-corrected chi connectivity index (χ0v) is 11.9. The van der Waals surface area contributed by atoms with Crippen LogP contribution in [0.1, 0.15) is 37.3 Å². The molecular weight excluding hydrogens is 252 g/mol. The third-order valence-electron chi connectivity index (χ3n) is 4.35. The molecule has 1 atom stereocenters. The largest absolute Gasteiger partial charge is 0.341 e. The second-order valence-electron chi connectivity index (χ2n) is 5.80. The van der Waals surface area contributed by atoms with E-state index in [1.807, 2.05) is 11.0 Å². The van der Waals surface area contributed by atoms with E-state index in [0.717, 1.165) is 44.7 Å². The fraction of sp³-hybridized carbons (Fsp3) is 0.667. The van der Waals surface area contributed by atoms with Crippen LogP contribution in [0, 0.1) is 0 Å². The summed E-state index contributed by atoms with van der Waals surface area (Å²) in [4.78, 5) is 25.0. The third-order valence-corrected chi connectivity index (χ3v) is 4.35. The average molecular weight is 274 g/mol. The smallest absolute Gasteiger partial charge is 0.236 e. The highest BCUT2D eigenvalue weighted by atomic mass is 16.2. The summed E-state index contributed by atoms with van der Waals surface area (Å²) in [5, 5.41) is 0. The zero-order valence-electron chi connectivity index (χ0n) is 11.9. The molecule has 0 saturated carbocycles. The summed E-state index contributed by atoms with van der Waals surface area (Å²) in [6.45, 7) is 4.46. The maximum atomic E-state index is 12.4. The molecule has 0 aromatic carbocycles. The first-order valence-electron chi connectivity index (χ1n) is 7.59. The molecule has 20 heavy (non-hydrogen) atoms. The normalized spacial score (nSPS) is 24.0. The highest BCUT2D eigenvalue weighted by molar-refractivity contribution is 5.78. The van der Waals surface area contributed by atoms with Crippen molar-refractivity contribution in [3.63, 3.8) is 0 Å². The summed E-state index contributed by atoms with van der Waals surface area (Å²) in [6.07, 6.45) is 8.03. The first-order valence-corrected chi connectivity index (χ1v) is 7.59. The summed E-state index contributed by atoms with van der Waals surface area (Å²) in [6, 6.07) is 1.97. The molecule has 0 N–H and O–H groups in total. The molecular formula is C15H22N4O. The van der Waals surface area contributed by atoms with Crippen LogP contribution >= 0.6 is 0 Å². The molecule has 0 radical (unpaired) electrons. The maximum Gasteiger partial charge on any atom is 0.236 e. The van der Waals surface area contributed by atoms with Gasteiger partial charge in [0.2, 0.25) is 5.91 Å². The lowest BCUT2D eigenvalue weighted by Gasteiger charge is -2.33. The van der Waals surface area contributed by atoms with Crippen LogP contribution in [0.25, 0.3) is 0 Å². The van der Waals surface area contributed by atoms with Crippen molar-refractivity contribution in [1.29, 1.82) is 0 Å². The fourth-order valence-electron chi connectivity index (χ4n) is 3.22. The molecule has 3 heterocycles. The Bertz CT molecular complexity index is 444. The molecule has 5 nitrogen and oxygen atoms in total. The van der Waals surface area contributed by atoms with Crippen LogP contribution in [0.2, 0.25) is 0 Å². The summed E-state index contributed by atoms with van der Waals surface area (Å²) < 4.78 is 0. The van der Waals surface area contributed by atoms with Gasteiger partial charge in [0.1, 0.15) is 6.33 Å². The van der Waals surface area contributed by atoms with Crippen LogP contribution < -0.4 is 0 Å². The number of aromatic nitrogens is 2. The second-order valence-corrected chi connectivity index (χ2v) is 5.80. The molecule has 2 aliphatic heterocycles. The molecule has 0 unspecified atom stereocenters. The van der Waals surface area contributed by atoms with Gasteiger partial charge in [-0.25, -0.2) is 9.97 Å². The topological polar surface area (TPSA) is 49.3 Å². The van der Waals surface area contributed by atoms with Gasteiger partial charge in [0.15, 0.2) is 0 Å². The Hall–Kier alpha value is -1.49. The van der Waals surface area contributed by atoms with Gasteiger partial charge < -0.3 is 4.90 Å². The van der Waals surface area contributed by atoms with E-state index >= 15 is 0 Å². The highest BCUT2D eigenvalue weighted by Gasteiger charge is 2.26. The van der Waals surface area contributed by atoms with Gasteiger partial charge in [-0.05, 0) is 44.8 Å². The van der Waals surface area contributed by atoms with Crippen molar-refractivity contribution >= 4 is 5.91 Å². The molecule has 1 amide bonds. The standard InChI is InChI=1S/C15H22N4O/c20-15(11-18-7-1-2-8-18)19-9-3-4-13(10-19)14-5-6-16-12-17-14/h5-6,12-13H,1-4,7-11H2/t13-/m0/s1. The quantitative estimate of drug-likeness (QED) is 0.833. The molecule has 1 aromatic heterocycles. The van der Waals surface area contributed by atoms with Crippen molar-refractivity contribution in [1.82, 2.24) is 19.8 Å². The van der Waals surface area contributed by atoms with Gasteiger partial charge in [0.25, 0.3) is 0 Å². The highest BCUT2D eigenvalue weighted by Crippen LogP contribution is 2.25. The number of carbonyl (C=O) groups excluding carboxylic acids is 1. The number of likely N-dealkylation sites (tertiary alicyclic amines) is 2. The van der Waals surface area contributed by atoms with Crippen molar-refractivity contribution in [2.45, 2.75) is 31.6 Å². The Morgan fingerprint density at radius 2 is 2.10 bits per heavy atom. The molecule has 1 aromatic rings. The van der Waals surface area contributed by atoms with Gasteiger partial charge in [0.05, 0.1) is 6.54 Å². The van der Waals surface area contributed by atoms with Gasteiger partial charge in [-0.2, -0.15) is 0 Å². The molecule has 0 aliphatic carbocycles. The number of amides is 1. The maximum absolute atomic E-state index is 12.4. The molecule has 2 saturated heterocycles. The van der Waals surface area contributed by atoms with Gasteiger partial charge in [0, 0.05) is 30.9 Å². The summed E-state index contributed by atoms with van der Waals surface area (Å²) in [5.74, 6) is 0.653. The van der Waals surface area contributed by atoms with E-state index in [1.165, 1.54) is 12.8 Å². The Labute approximate surface area is 120 Å². The van der Waals surface area contributed by atoms with Gasteiger partial charge >= 0.3 is 0 Å². The minimum Gasteiger partial charge on any atom is -0.341 e. The lowest BCUT2D eigenvalue weighted by Crippen LogP contribution is -2.44. The Kier molecular flexibility index (Phi) is 4.25. The van der Waals surface area contributed by atoms with Crippen LogP contribution in [0.15, 0.2) is 18.6 Å². The van der Waals surface area contributed by atoms with Crippen LogP contribution in [0.5, 0.6) is 0 Å². The second kappa shape index (κ2) is 6.31. The lowest BCUT2D eigenvalue weighted by molar-refractivity contribution is -0.133. The number of hydrogen-bond acceptors (Lipinski definition) is 4. The molecule has 0 bridgehead atoms. The van der Waals surface area contributed by atoms with Crippen LogP contribution in [0.4, 0.5) is 0 Å². The number of rotatable bonds is 3. The van der Waals surface area contributed by atoms with E-state index < -0.39 is 0 Å². The van der Waals surface area contributed by atoms with E-state index in [0.29, 0.717) is 12.5 Å². The van der Waals surface area contributed by atoms with E-state index in [-0.39, 0.29) is 5.91 Å². The van der Waals surface area contributed by atoms with E-state index in [2.05, 4.69) is 14.9 Å².